The minimum absolute atomic E-state index is 0.0757. The maximum Gasteiger partial charge on any atom is 0.408 e. The van der Waals surface area contributed by atoms with Crippen LogP contribution in [0.1, 0.15) is 31.4 Å². The van der Waals surface area contributed by atoms with Gasteiger partial charge in [0.15, 0.2) is 0 Å². The van der Waals surface area contributed by atoms with Gasteiger partial charge < -0.3 is 26.2 Å². The molecular formula is C23H29N3O5. The molecule has 2 aromatic carbocycles. The summed E-state index contributed by atoms with van der Waals surface area (Å²) in [6, 6.07) is 13.6. The Balaban J connectivity index is 2.01. The van der Waals surface area contributed by atoms with E-state index in [1.165, 1.54) is 12.1 Å². The van der Waals surface area contributed by atoms with E-state index in [1.54, 1.807) is 12.1 Å². The molecule has 0 spiro atoms. The third-order valence-electron chi connectivity index (χ3n) is 5.02. The Kier molecular flexibility index (Phi) is 8.87. The SMILES string of the molecule is CC[C@@H](C)[C@@H](NC(=O)OCc1ccccc1)C(=O)N[C@@H](Cc1ccc(O)cc1)C(N)=O. The van der Waals surface area contributed by atoms with Gasteiger partial charge in [0.25, 0.3) is 0 Å². The summed E-state index contributed by atoms with van der Waals surface area (Å²) in [5.41, 5.74) is 7.01. The number of primary amides is 1. The van der Waals surface area contributed by atoms with Crippen LogP contribution in [0.4, 0.5) is 4.79 Å². The van der Waals surface area contributed by atoms with Crippen LogP contribution in [0.5, 0.6) is 5.75 Å². The van der Waals surface area contributed by atoms with Crippen LogP contribution in [0.3, 0.4) is 0 Å². The maximum absolute atomic E-state index is 12.9. The van der Waals surface area contributed by atoms with Crippen molar-refractivity contribution in [3.63, 3.8) is 0 Å². The molecule has 0 aliphatic heterocycles. The van der Waals surface area contributed by atoms with Gasteiger partial charge in [-0.05, 0) is 29.2 Å². The second-order valence-electron chi connectivity index (χ2n) is 7.40. The number of carbonyl (C=O) groups is 3. The van der Waals surface area contributed by atoms with E-state index in [0.29, 0.717) is 6.42 Å². The van der Waals surface area contributed by atoms with Crippen LogP contribution in [-0.2, 0) is 27.4 Å². The third-order valence-corrected chi connectivity index (χ3v) is 5.02. The molecule has 0 aromatic heterocycles. The fraction of sp³-hybridized carbons (Fsp3) is 0.348. The second-order valence-corrected chi connectivity index (χ2v) is 7.40. The highest BCUT2D eigenvalue weighted by atomic mass is 16.5. The molecule has 0 bridgehead atoms. The summed E-state index contributed by atoms with van der Waals surface area (Å²) in [5, 5.41) is 14.6. The number of hydrogen-bond donors (Lipinski definition) is 4. The van der Waals surface area contributed by atoms with Gasteiger partial charge in [-0.25, -0.2) is 4.79 Å². The number of rotatable bonds is 10. The fourth-order valence-electron chi connectivity index (χ4n) is 2.95. The van der Waals surface area contributed by atoms with Crippen LogP contribution < -0.4 is 16.4 Å². The molecule has 8 heteroatoms. The molecule has 8 nitrogen and oxygen atoms in total. The molecule has 31 heavy (non-hydrogen) atoms. The van der Waals surface area contributed by atoms with Crippen molar-refractivity contribution in [2.24, 2.45) is 11.7 Å². The lowest BCUT2D eigenvalue weighted by molar-refractivity contribution is -0.129. The number of ether oxygens (including phenoxy) is 1. The smallest absolute Gasteiger partial charge is 0.408 e. The highest BCUT2D eigenvalue weighted by Gasteiger charge is 2.29. The molecule has 0 heterocycles. The summed E-state index contributed by atoms with van der Waals surface area (Å²) in [6.07, 6.45) is 0.0574. The van der Waals surface area contributed by atoms with Gasteiger partial charge in [0.05, 0.1) is 0 Å². The zero-order valence-electron chi connectivity index (χ0n) is 17.7. The number of aromatic hydroxyl groups is 1. The van der Waals surface area contributed by atoms with E-state index in [-0.39, 0.29) is 24.7 Å². The first kappa shape index (κ1) is 23.7. The minimum Gasteiger partial charge on any atom is -0.508 e. The summed E-state index contributed by atoms with van der Waals surface area (Å²) in [4.78, 5) is 37.0. The number of benzene rings is 2. The molecule has 3 amide bonds. The summed E-state index contributed by atoms with van der Waals surface area (Å²) < 4.78 is 5.22. The molecule has 166 valence electrons. The average molecular weight is 428 g/mol. The van der Waals surface area contributed by atoms with Gasteiger partial charge in [-0.1, -0.05) is 62.7 Å². The Morgan fingerprint density at radius 2 is 1.65 bits per heavy atom. The largest absolute Gasteiger partial charge is 0.508 e. The van der Waals surface area contributed by atoms with Crippen molar-refractivity contribution >= 4 is 17.9 Å². The number of phenolic OH excluding ortho intramolecular Hbond substituents is 1. The second kappa shape index (κ2) is 11.6. The molecular weight excluding hydrogens is 398 g/mol. The number of alkyl carbamates (subject to hydrolysis) is 1. The van der Waals surface area contributed by atoms with Crippen molar-refractivity contribution in [2.45, 2.75) is 45.4 Å². The summed E-state index contributed by atoms with van der Waals surface area (Å²) in [5.74, 6) is -1.32. The Bertz CT molecular complexity index is 871. The van der Waals surface area contributed by atoms with Crippen molar-refractivity contribution in [1.82, 2.24) is 10.6 Å². The molecule has 5 N–H and O–H groups in total. The zero-order chi connectivity index (χ0) is 22.8. The molecule has 0 aliphatic carbocycles. The zero-order valence-corrected chi connectivity index (χ0v) is 17.7. The lowest BCUT2D eigenvalue weighted by atomic mass is 9.97. The van der Waals surface area contributed by atoms with Crippen LogP contribution in [0.25, 0.3) is 0 Å². The van der Waals surface area contributed by atoms with E-state index in [9.17, 15) is 19.5 Å². The lowest BCUT2D eigenvalue weighted by Crippen LogP contribution is -2.55. The highest BCUT2D eigenvalue weighted by Crippen LogP contribution is 2.13. The molecule has 2 rings (SSSR count). The quantitative estimate of drug-likeness (QED) is 0.462. The van der Waals surface area contributed by atoms with E-state index >= 15 is 0 Å². The van der Waals surface area contributed by atoms with Crippen molar-refractivity contribution in [2.75, 3.05) is 0 Å². The standard InChI is InChI=1S/C23H29N3O5/c1-3-15(2)20(26-23(30)31-14-17-7-5-4-6-8-17)22(29)25-19(21(24)28)13-16-9-11-18(27)12-10-16/h4-12,15,19-20,27H,3,13-14H2,1-2H3,(H2,24,28)(H,25,29)(H,26,30)/t15-,19+,20-/m1/s1. The number of phenols is 1. The maximum atomic E-state index is 12.9. The van der Waals surface area contributed by atoms with Gasteiger partial charge >= 0.3 is 6.09 Å². The van der Waals surface area contributed by atoms with Gasteiger partial charge in [0.1, 0.15) is 24.4 Å². The Morgan fingerprint density at radius 3 is 2.23 bits per heavy atom. The van der Waals surface area contributed by atoms with Crippen molar-refractivity contribution in [3.05, 3.63) is 65.7 Å². The Hall–Kier alpha value is -3.55. The molecule has 2 aromatic rings. The Morgan fingerprint density at radius 1 is 1.00 bits per heavy atom. The average Bonchev–Trinajstić information content (AvgIpc) is 2.77. The van der Waals surface area contributed by atoms with Gasteiger partial charge in [-0.3, -0.25) is 9.59 Å². The van der Waals surface area contributed by atoms with Crippen molar-refractivity contribution < 1.29 is 24.2 Å². The molecule has 0 unspecified atom stereocenters. The minimum atomic E-state index is -0.967. The van der Waals surface area contributed by atoms with Crippen LogP contribution in [-0.4, -0.2) is 35.1 Å². The number of amides is 3. The lowest BCUT2D eigenvalue weighted by Gasteiger charge is -2.25. The van der Waals surface area contributed by atoms with E-state index in [1.807, 2.05) is 44.2 Å². The van der Waals surface area contributed by atoms with Crippen molar-refractivity contribution in [1.29, 1.82) is 0 Å². The van der Waals surface area contributed by atoms with Gasteiger partial charge in [-0.2, -0.15) is 0 Å². The van der Waals surface area contributed by atoms with Gasteiger partial charge in [0.2, 0.25) is 11.8 Å². The number of carbonyl (C=O) groups excluding carboxylic acids is 3. The summed E-state index contributed by atoms with van der Waals surface area (Å²) >= 11 is 0. The predicted molar refractivity (Wildman–Crippen MR) is 116 cm³/mol. The summed E-state index contributed by atoms with van der Waals surface area (Å²) in [6.45, 7) is 3.79. The van der Waals surface area contributed by atoms with Gasteiger partial charge in [0, 0.05) is 6.42 Å². The van der Waals surface area contributed by atoms with Crippen molar-refractivity contribution in [3.8, 4) is 5.75 Å². The topological polar surface area (TPSA) is 131 Å². The third kappa shape index (κ3) is 7.65. The molecule has 0 saturated carbocycles. The molecule has 0 radical (unpaired) electrons. The molecule has 0 saturated heterocycles. The Labute approximate surface area is 181 Å². The molecule has 0 aliphatic rings. The first-order chi connectivity index (χ1) is 14.8. The van der Waals surface area contributed by atoms with Crippen LogP contribution in [0, 0.1) is 5.92 Å². The summed E-state index contributed by atoms with van der Waals surface area (Å²) in [7, 11) is 0. The first-order valence-electron chi connectivity index (χ1n) is 10.1. The van der Waals surface area contributed by atoms with E-state index in [2.05, 4.69) is 10.6 Å². The predicted octanol–water partition coefficient (Wildman–Crippen LogP) is 2.25. The van der Waals surface area contributed by atoms with E-state index in [0.717, 1.165) is 11.1 Å². The van der Waals surface area contributed by atoms with E-state index < -0.39 is 30.0 Å². The normalized spacial score (nSPS) is 13.5. The monoisotopic (exact) mass is 427 g/mol. The van der Waals surface area contributed by atoms with Crippen LogP contribution in [0.15, 0.2) is 54.6 Å². The number of hydrogen-bond acceptors (Lipinski definition) is 5. The number of nitrogens with one attached hydrogen (secondary N) is 2. The first-order valence-corrected chi connectivity index (χ1v) is 10.1. The molecule has 3 atom stereocenters. The molecule has 0 fully saturated rings. The van der Waals surface area contributed by atoms with Crippen LogP contribution >= 0.6 is 0 Å². The number of nitrogens with two attached hydrogens (primary N) is 1. The van der Waals surface area contributed by atoms with Gasteiger partial charge in [-0.15, -0.1) is 0 Å². The highest BCUT2D eigenvalue weighted by molar-refractivity contribution is 5.91. The van der Waals surface area contributed by atoms with Crippen LogP contribution in [0.2, 0.25) is 0 Å². The fourth-order valence-corrected chi connectivity index (χ4v) is 2.95. The van der Waals surface area contributed by atoms with E-state index in [4.69, 9.17) is 10.5 Å².